The van der Waals surface area contributed by atoms with Crippen LogP contribution >= 0.6 is 0 Å². The van der Waals surface area contributed by atoms with Crippen LogP contribution in [0.15, 0.2) is 18.2 Å². The Bertz CT molecular complexity index is 412. The van der Waals surface area contributed by atoms with Crippen LogP contribution in [-0.4, -0.2) is 4.92 Å². The number of nitro groups is 1. The van der Waals surface area contributed by atoms with Gasteiger partial charge in [-0.05, 0) is 18.6 Å². The molecule has 5 heteroatoms. The van der Waals surface area contributed by atoms with Gasteiger partial charge in [0.15, 0.2) is 0 Å². The Morgan fingerprint density at radius 2 is 2.29 bits per heavy atom. The zero-order valence-corrected chi connectivity index (χ0v) is 7.40. The second-order valence-electron chi connectivity index (χ2n) is 2.82. The first-order valence-electron chi connectivity index (χ1n) is 3.89. The molecule has 4 nitrogen and oxygen atoms in total. The van der Waals surface area contributed by atoms with Gasteiger partial charge in [0.05, 0.1) is 16.9 Å². The molecular formula is C9H7FN2O2. The van der Waals surface area contributed by atoms with Crippen LogP contribution in [0, 0.1) is 27.3 Å². The van der Waals surface area contributed by atoms with Crippen LogP contribution < -0.4 is 0 Å². The molecule has 1 aromatic carbocycles. The number of rotatable bonds is 2. The molecule has 0 aromatic heterocycles. The molecule has 1 rings (SSSR count). The Kier molecular flexibility index (Phi) is 2.77. The fraction of sp³-hybridized carbons (Fsp3) is 0.222. The van der Waals surface area contributed by atoms with E-state index in [1.54, 1.807) is 6.92 Å². The Morgan fingerprint density at radius 1 is 1.64 bits per heavy atom. The Balaban J connectivity index is 3.14. The summed E-state index contributed by atoms with van der Waals surface area (Å²) in [5, 5.41) is 18.8. The van der Waals surface area contributed by atoms with Gasteiger partial charge in [-0.15, -0.1) is 0 Å². The molecule has 14 heavy (non-hydrogen) atoms. The van der Waals surface area contributed by atoms with Crippen molar-refractivity contribution in [2.45, 2.75) is 12.8 Å². The number of halogens is 1. The average molecular weight is 194 g/mol. The molecule has 0 aliphatic carbocycles. The SMILES string of the molecule is CC(C#N)c1ccc([N+](=O)[O-])c(F)c1. The first-order chi connectivity index (χ1) is 6.56. The second-order valence-corrected chi connectivity index (χ2v) is 2.82. The maximum atomic E-state index is 13.0. The summed E-state index contributed by atoms with van der Waals surface area (Å²) in [7, 11) is 0. The van der Waals surface area contributed by atoms with Crippen molar-refractivity contribution in [2.24, 2.45) is 0 Å². The van der Waals surface area contributed by atoms with Crippen molar-refractivity contribution in [1.82, 2.24) is 0 Å². The van der Waals surface area contributed by atoms with Crippen molar-refractivity contribution >= 4 is 5.69 Å². The Morgan fingerprint density at radius 3 is 2.71 bits per heavy atom. The fourth-order valence-electron chi connectivity index (χ4n) is 1.02. The van der Waals surface area contributed by atoms with Crippen molar-refractivity contribution in [3.05, 3.63) is 39.7 Å². The summed E-state index contributed by atoms with van der Waals surface area (Å²) >= 11 is 0. The van der Waals surface area contributed by atoms with Crippen LogP contribution in [-0.2, 0) is 0 Å². The third-order valence-corrected chi connectivity index (χ3v) is 1.86. The molecule has 0 radical (unpaired) electrons. The van der Waals surface area contributed by atoms with E-state index in [-0.39, 0.29) is 0 Å². The summed E-state index contributed by atoms with van der Waals surface area (Å²) in [6, 6.07) is 5.39. The number of nitriles is 1. The van der Waals surface area contributed by atoms with Gasteiger partial charge in [0.2, 0.25) is 5.82 Å². The molecule has 0 heterocycles. The molecule has 0 saturated heterocycles. The van der Waals surface area contributed by atoms with Crippen molar-refractivity contribution in [2.75, 3.05) is 0 Å². The normalized spacial score (nSPS) is 11.8. The Labute approximate surface area is 79.7 Å². The molecule has 0 aliphatic heterocycles. The fourth-order valence-corrected chi connectivity index (χ4v) is 1.02. The third-order valence-electron chi connectivity index (χ3n) is 1.86. The van der Waals surface area contributed by atoms with E-state index in [0.29, 0.717) is 5.56 Å². The second kappa shape index (κ2) is 3.83. The minimum atomic E-state index is -0.908. The van der Waals surface area contributed by atoms with Crippen LogP contribution in [0.5, 0.6) is 0 Å². The highest BCUT2D eigenvalue weighted by atomic mass is 19.1. The maximum Gasteiger partial charge on any atom is 0.304 e. The lowest BCUT2D eigenvalue weighted by molar-refractivity contribution is -0.387. The molecule has 0 aliphatic rings. The predicted octanol–water partition coefficient (Wildman–Crippen LogP) is 2.36. The van der Waals surface area contributed by atoms with Gasteiger partial charge in [-0.2, -0.15) is 9.65 Å². The molecule has 1 atom stereocenters. The predicted molar refractivity (Wildman–Crippen MR) is 47.1 cm³/mol. The molecule has 0 bridgehead atoms. The topological polar surface area (TPSA) is 66.9 Å². The lowest BCUT2D eigenvalue weighted by Gasteiger charge is -2.02. The zero-order chi connectivity index (χ0) is 10.7. The van der Waals surface area contributed by atoms with Gasteiger partial charge in [0.1, 0.15) is 0 Å². The van der Waals surface area contributed by atoms with Gasteiger partial charge in [0, 0.05) is 6.07 Å². The van der Waals surface area contributed by atoms with E-state index in [2.05, 4.69) is 0 Å². The smallest absolute Gasteiger partial charge is 0.258 e. The van der Waals surface area contributed by atoms with Crippen molar-refractivity contribution < 1.29 is 9.31 Å². The number of hydrogen-bond donors (Lipinski definition) is 0. The molecule has 0 N–H and O–H groups in total. The van der Waals surface area contributed by atoms with Gasteiger partial charge < -0.3 is 0 Å². The lowest BCUT2D eigenvalue weighted by Crippen LogP contribution is -1.96. The van der Waals surface area contributed by atoms with E-state index < -0.39 is 22.3 Å². The first-order valence-corrected chi connectivity index (χ1v) is 3.89. The van der Waals surface area contributed by atoms with E-state index in [9.17, 15) is 14.5 Å². The van der Waals surface area contributed by atoms with Gasteiger partial charge >= 0.3 is 5.69 Å². The first kappa shape index (κ1) is 10.1. The van der Waals surface area contributed by atoms with Crippen molar-refractivity contribution in [3.63, 3.8) is 0 Å². The molecule has 1 aromatic rings. The zero-order valence-electron chi connectivity index (χ0n) is 7.40. The maximum absolute atomic E-state index is 13.0. The standard InChI is InChI=1S/C9H7FN2O2/c1-6(5-11)7-2-3-9(12(13)14)8(10)4-7/h2-4,6H,1H3. The van der Waals surface area contributed by atoms with Gasteiger partial charge in [-0.3, -0.25) is 10.1 Å². The summed E-state index contributed by atoms with van der Waals surface area (Å²) in [6.45, 7) is 1.60. The van der Waals surface area contributed by atoms with Crippen molar-refractivity contribution in [1.29, 1.82) is 5.26 Å². The highest BCUT2D eigenvalue weighted by Gasteiger charge is 2.15. The van der Waals surface area contributed by atoms with Gasteiger partial charge in [-0.25, -0.2) is 0 Å². The quantitative estimate of drug-likeness (QED) is 0.536. The largest absolute Gasteiger partial charge is 0.304 e. The number of benzene rings is 1. The van der Waals surface area contributed by atoms with E-state index in [0.717, 1.165) is 12.1 Å². The molecule has 0 amide bonds. The van der Waals surface area contributed by atoms with Crippen LogP contribution in [0.1, 0.15) is 18.4 Å². The lowest BCUT2D eigenvalue weighted by atomic mass is 10.0. The molecule has 72 valence electrons. The number of hydrogen-bond acceptors (Lipinski definition) is 3. The minimum absolute atomic E-state index is 0.440. The van der Waals surface area contributed by atoms with E-state index in [1.165, 1.54) is 6.07 Å². The molecule has 1 unspecified atom stereocenters. The molecule has 0 fully saturated rings. The molecule has 0 saturated carbocycles. The summed E-state index contributed by atoms with van der Waals surface area (Å²) in [4.78, 5) is 9.48. The average Bonchev–Trinajstić information content (AvgIpc) is 2.15. The molecular weight excluding hydrogens is 187 g/mol. The summed E-state index contributed by atoms with van der Waals surface area (Å²) in [6.07, 6.45) is 0. The number of nitro benzene ring substituents is 1. The van der Waals surface area contributed by atoms with Crippen LogP contribution in [0.3, 0.4) is 0 Å². The van der Waals surface area contributed by atoms with E-state index in [1.807, 2.05) is 6.07 Å². The monoisotopic (exact) mass is 194 g/mol. The van der Waals surface area contributed by atoms with Crippen LogP contribution in [0.2, 0.25) is 0 Å². The van der Waals surface area contributed by atoms with Crippen LogP contribution in [0.4, 0.5) is 10.1 Å². The summed E-state index contributed by atoms with van der Waals surface area (Å²) in [5.74, 6) is -1.38. The Hall–Kier alpha value is -1.96. The van der Waals surface area contributed by atoms with E-state index in [4.69, 9.17) is 5.26 Å². The van der Waals surface area contributed by atoms with E-state index >= 15 is 0 Å². The third kappa shape index (κ3) is 1.85. The van der Waals surface area contributed by atoms with Gasteiger partial charge in [-0.1, -0.05) is 6.07 Å². The highest BCUT2D eigenvalue weighted by molar-refractivity contribution is 5.37. The summed E-state index contributed by atoms with van der Waals surface area (Å²) < 4.78 is 13.0. The number of nitrogens with zero attached hydrogens (tertiary/aromatic N) is 2. The van der Waals surface area contributed by atoms with Gasteiger partial charge in [0.25, 0.3) is 0 Å². The van der Waals surface area contributed by atoms with Crippen molar-refractivity contribution in [3.8, 4) is 6.07 Å². The van der Waals surface area contributed by atoms with Crippen LogP contribution in [0.25, 0.3) is 0 Å². The minimum Gasteiger partial charge on any atom is -0.258 e. The summed E-state index contributed by atoms with van der Waals surface area (Å²) in [5.41, 5.74) is -0.130. The highest BCUT2D eigenvalue weighted by Crippen LogP contribution is 2.22. The molecule has 0 spiro atoms.